The molecule has 2 atom stereocenters. The van der Waals surface area contributed by atoms with Crippen molar-refractivity contribution in [3.05, 3.63) is 22.2 Å². The van der Waals surface area contributed by atoms with E-state index in [1.807, 2.05) is 13.0 Å². The molecule has 2 unspecified atom stereocenters. The van der Waals surface area contributed by atoms with Crippen LogP contribution in [0.25, 0.3) is 0 Å². The smallest absolute Gasteiger partial charge is 0.231 e. The lowest BCUT2D eigenvalue weighted by Crippen LogP contribution is -2.27. The van der Waals surface area contributed by atoms with Gasteiger partial charge in [0.05, 0.1) is 10.6 Å². The van der Waals surface area contributed by atoms with E-state index in [2.05, 4.69) is 15.9 Å². The van der Waals surface area contributed by atoms with Crippen molar-refractivity contribution in [3.8, 4) is 11.5 Å². The minimum absolute atomic E-state index is 0.216. The van der Waals surface area contributed by atoms with Crippen LogP contribution in [0.5, 0.6) is 11.5 Å². The summed E-state index contributed by atoms with van der Waals surface area (Å²) in [6.07, 6.45) is 0.0311. The van der Waals surface area contributed by atoms with Gasteiger partial charge in [-0.15, -0.1) is 0 Å². The maximum atomic E-state index is 10.0. The fraction of sp³-hybridized carbons (Fsp3) is 0.455. The highest BCUT2D eigenvalue weighted by atomic mass is 79.9. The van der Waals surface area contributed by atoms with Crippen molar-refractivity contribution in [1.82, 2.24) is 0 Å². The minimum Gasteiger partial charge on any atom is -0.454 e. The Bertz CT molecular complexity index is 397. The fourth-order valence-corrected chi connectivity index (χ4v) is 2.20. The van der Waals surface area contributed by atoms with Gasteiger partial charge in [-0.1, -0.05) is 6.92 Å². The van der Waals surface area contributed by atoms with Crippen LogP contribution in [-0.4, -0.2) is 17.9 Å². The Morgan fingerprint density at radius 1 is 1.50 bits per heavy atom. The fourth-order valence-electron chi connectivity index (χ4n) is 1.63. The molecule has 5 heteroatoms. The number of halogens is 1. The summed E-state index contributed by atoms with van der Waals surface area (Å²) in [4.78, 5) is 0. The molecule has 0 saturated heterocycles. The Morgan fingerprint density at radius 2 is 2.25 bits per heavy atom. The maximum absolute atomic E-state index is 10.0. The van der Waals surface area contributed by atoms with Gasteiger partial charge >= 0.3 is 0 Å². The minimum atomic E-state index is -0.684. The van der Waals surface area contributed by atoms with Crippen LogP contribution in [0.1, 0.15) is 25.0 Å². The summed E-state index contributed by atoms with van der Waals surface area (Å²) in [5.74, 6) is 1.33. The van der Waals surface area contributed by atoms with Crippen molar-refractivity contribution in [2.75, 3.05) is 6.79 Å². The Labute approximate surface area is 102 Å². The van der Waals surface area contributed by atoms with E-state index in [1.54, 1.807) is 6.07 Å². The third-order valence-corrected chi connectivity index (χ3v) is 3.26. The van der Waals surface area contributed by atoms with Crippen LogP contribution >= 0.6 is 15.9 Å². The Morgan fingerprint density at radius 3 is 2.94 bits per heavy atom. The van der Waals surface area contributed by atoms with Gasteiger partial charge in [0.1, 0.15) is 0 Å². The van der Waals surface area contributed by atoms with Crippen LogP contribution in [0.15, 0.2) is 16.6 Å². The van der Waals surface area contributed by atoms with E-state index in [4.69, 9.17) is 15.2 Å². The second kappa shape index (κ2) is 4.61. The summed E-state index contributed by atoms with van der Waals surface area (Å²) < 4.78 is 11.3. The molecule has 0 bridgehead atoms. The molecule has 0 aromatic heterocycles. The molecule has 1 aliphatic heterocycles. The lowest BCUT2D eigenvalue weighted by molar-refractivity contribution is 0.144. The summed E-state index contributed by atoms with van der Waals surface area (Å²) in [5, 5.41) is 10.0. The summed E-state index contributed by atoms with van der Waals surface area (Å²) in [7, 11) is 0. The van der Waals surface area contributed by atoms with Crippen molar-refractivity contribution in [2.45, 2.75) is 25.5 Å². The van der Waals surface area contributed by atoms with Gasteiger partial charge in [0.25, 0.3) is 0 Å². The normalized spacial score (nSPS) is 17.2. The highest BCUT2D eigenvalue weighted by Crippen LogP contribution is 2.41. The van der Waals surface area contributed by atoms with Crippen LogP contribution in [0.2, 0.25) is 0 Å². The second-order valence-corrected chi connectivity index (χ2v) is 4.61. The molecule has 3 N–H and O–H groups in total. The molecule has 1 aromatic rings. The van der Waals surface area contributed by atoms with E-state index in [9.17, 15) is 5.11 Å². The number of ether oxygens (including phenoxy) is 2. The van der Waals surface area contributed by atoms with Crippen molar-refractivity contribution < 1.29 is 14.6 Å². The zero-order valence-electron chi connectivity index (χ0n) is 8.94. The van der Waals surface area contributed by atoms with Gasteiger partial charge < -0.3 is 20.3 Å². The van der Waals surface area contributed by atoms with E-state index < -0.39 is 6.10 Å². The molecule has 0 aliphatic carbocycles. The lowest BCUT2D eigenvalue weighted by atomic mass is 10.0. The Hall–Kier alpha value is -0.780. The number of hydrogen-bond acceptors (Lipinski definition) is 4. The predicted octanol–water partition coefficient (Wildman–Crippen LogP) is 1.95. The summed E-state index contributed by atoms with van der Waals surface area (Å²) in [6.45, 7) is 2.16. The molecule has 1 aromatic carbocycles. The molecule has 1 aliphatic rings. The lowest BCUT2D eigenvalue weighted by Gasteiger charge is -2.18. The number of nitrogens with two attached hydrogens (primary N) is 1. The third kappa shape index (κ3) is 2.03. The molecule has 0 radical (unpaired) electrons. The van der Waals surface area contributed by atoms with Crippen molar-refractivity contribution in [1.29, 1.82) is 0 Å². The quantitative estimate of drug-likeness (QED) is 0.892. The zero-order valence-corrected chi connectivity index (χ0v) is 10.5. The number of fused-ring (bicyclic) bond motifs is 1. The molecular formula is C11H14BrNO3. The van der Waals surface area contributed by atoms with Gasteiger partial charge in [-0.2, -0.15) is 0 Å². The van der Waals surface area contributed by atoms with Gasteiger partial charge in [-0.25, -0.2) is 0 Å². The average molecular weight is 288 g/mol. The molecule has 0 spiro atoms. The number of aliphatic hydroxyl groups excluding tert-OH is 1. The molecule has 0 fully saturated rings. The van der Waals surface area contributed by atoms with Crippen LogP contribution < -0.4 is 15.2 Å². The van der Waals surface area contributed by atoms with Crippen LogP contribution in [0.4, 0.5) is 0 Å². The SMILES string of the molecule is CCC(N)C(O)c1cc(Br)c2c(c1)OCO2. The van der Waals surface area contributed by atoms with E-state index in [0.717, 1.165) is 10.0 Å². The Balaban J connectivity index is 2.33. The molecule has 88 valence electrons. The van der Waals surface area contributed by atoms with Crippen LogP contribution in [-0.2, 0) is 0 Å². The first kappa shape index (κ1) is 11.7. The number of rotatable bonds is 3. The first-order valence-corrected chi connectivity index (χ1v) is 5.95. The van der Waals surface area contributed by atoms with E-state index >= 15 is 0 Å². The standard InChI is InChI=1S/C11H14BrNO3/c1-2-8(13)10(14)6-3-7(12)11-9(4-6)15-5-16-11/h3-4,8,10,14H,2,5,13H2,1H3. The zero-order chi connectivity index (χ0) is 11.7. The summed E-state index contributed by atoms with van der Waals surface area (Å²) in [5.41, 5.74) is 6.55. The molecular weight excluding hydrogens is 274 g/mol. The maximum Gasteiger partial charge on any atom is 0.231 e. The molecule has 2 rings (SSSR count). The number of benzene rings is 1. The first-order chi connectivity index (χ1) is 7.63. The van der Waals surface area contributed by atoms with Crippen molar-refractivity contribution in [2.24, 2.45) is 5.73 Å². The molecule has 4 nitrogen and oxygen atoms in total. The number of aliphatic hydroxyl groups is 1. The summed E-state index contributed by atoms with van der Waals surface area (Å²) >= 11 is 3.38. The first-order valence-electron chi connectivity index (χ1n) is 5.16. The van der Waals surface area contributed by atoms with Gasteiger partial charge in [0.2, 0.25) is 6.79 Å². The Kier molecular flexibility index (Phi) is 3.37. The van der Waals surface area contributed by atoms with Gasteiger partial charge in [-0.3, -0.25) is 0 Å². The van der Waals surface area contributed by atoms with E-state index in [1.165, 1.54) is 0 Å². The average Bonchev–Trinajstić information content (AvgIpc) is 2.75. The number of hydrogen-bond donors (Lipinski definition) is 2. The predicted molar refractivity (Wildman–Crippen MR) is 63.5 cm³/mol. The van der Waals surface area contributed by atoms with Crippen molar-refractivity contribution in [3.63, 3.8) is 0 Å². The van der Waals surface area contributed by atoms with Crippen molar-refractivity contribution >= 4 is 15.9 Å². The van der Waals surface area contributed by atoms with E-state index in [-0.39, 0.29) is 12.8 Å². The van der Waals surface area contributed by atoms with Crippen LogP contribution in [0, 0.1) is 0 Å². The molecule has 1 heterocycles. The molecule has 16 heavy (non-hydrogen) atoms. The largest absolute Gasteiger partial charge is 0.454 e. The second-order valence-electron chi connectivity index (χ2n) is 3.75. The van der Waals surface area contributed by atoms with Gasteiger partial charge in [-0.05, 0) is 40.0 Å². The monoisotopic (exact) mass is 287 g/mol. The van der Waals surface area contributed by atoms with E-state index in [0.29, 0.717) is 17.9 Å². The van der Waals surface area contributed by atoms with Crippen LogP contribution in [0.3, 0.4) is 0 Å². The highest BCUT2D eigenvalue weighted by molar-refractivity contribution is 9.10. The summed E-state index contributed by atoms with van der Waals surface area (Å²) in [6, 6.07) is 3.31. The third-order valence-electron chi connectivity index (χ3n) is 2.67. The molecule has 0 saturated carbocycles. The van der Waals surface area contributed by atoms with Gasteiger partial charge in [0, 0.05) is 6.04 Å². The molecule has 0 amide bonds. The van der Waals surface area contributed by atoms with Gasteiger partial charge in [0.15, 0.2) is 11.5 Å². The highest BCUT2D eigenvalue weighted by Gasteiger charge is 2.22. The topological polar surface area (TPSA) is 64.7 Å².